The van der Waals surface area contributed by atoms with Crippen molar-refractivity contribution in [1.29, 1.82) is 0 Å². The van der Waals surface area contributed by atoms with Gasteiger partial charge >= 0.3 is 12.0 Å². The molecule has 0 fully saturated rings. The number of nitrogens with one attached hydrogen (secondary N) is 2. The SMILES string of the molecule is Cc1ccc(NC(=O)NC(=O)CC(C)(C)CC(=O)O)cn1. The minimum absolute atomic E-state index is 0.0567. The maximum Gasteiger partial charge on any atom is 0.325 e. The largest absolute Gasteiger partial charge is 0.481 e. The number of carboxylic acid groups (broad SMARTS) is 1. The molecule has 0 aliphatic heterocycles. The van der Waals surface area contributed by atoms with Crippen LogP contribution in [0.1, 0.15) is 32.4 Å². The highest BCUT2D eigenvalue weighted by Gasteiger charge is 2.25. The first-order valence-electron chi connectivity index (χ1n) is 6.43. The zero-order valence-electron chi connectivity index (χ0n) is 12.3. The van der Waals surface area contributed by atoms with Gasteiger partial charge in [0.2, 0.25) is 5.91 Å². The number of hydrogen-bond donors (Lipinski definition) is 3. The molecule has 0 saturated carbocycles. The Morgan fingerprint density at radius 3 is 2.43 bits per heavy atom. The Hall–Kier alpha value is -2.44. The molecule has 0 unspecified atom stereocenters. The third kappa shape index (κ3) is 6.51. The summed E-state index contributed by atoms with van der Waals surface area (Å²) in [4.78, 5) is 38.0. The summed E-state index contributed by atoms with van der Waals surface area (Å²) in [5, 5.41) is 13.4. The molecule has 0 saturated heterocycles. The fraction of sp³-hybridized carbons (Fsp3) is 0.429. The Morgan fingerprint density at radius 2 is 1.90 bits per heavy atom. The number of nitrogens with zero attached hydrogens (tertiary/aromatic N) is 1. The van der Waals surface area contributed by atoms with Crippen molar-refractivity contribution in [3.05, 3.63) is 24.0 Å². The van der Waals surface area contributed by atoms with E-state index in [0.717, 1.165) is 5.69 Å². The van der Waals surface area contributed by atoms with E-state index in [2.05, 4.69) is 15.6 Å². The molecule has 1 aromatic rings. The Labute approximate surface area is 122 Å². The molecule has 3 amide bonds. The molecule has 7 heteroatoms. The van der Waals surface area contributed by atoms with Crippen LogP contribution in [0.2, 0.25) is 0 Å². The van der Waals surface area contributed by atoms with E-state index in [9.17, 15) is 14.4 Å². The van der Waals surface area contributed by atoms with Crippen LogP contribution in [0.4, 0.5) is 10.5 Å². The normalized spacial score (nSPS) is 10.8. The molecular weight excluding hydrogens is 274 g/mol. The molecule has 21 heavy (non-hydrogen) atoms. The average molecular weight is 293 g/mol. The topological polar surface area (TPSA) is 108 Å². The van der Waals surface area contributed by atoms with Gasteiger partial charge in [-0.1, -0.05) is 13.8 Å². The molecule has 7 nitrogen and oxygen atoms in total. The molecule has 0 spiro atoms. The number of imide groups is 1. The van der Waals surface area contributed by atoms with E-state index >= 15 is 0 Å². The van der Waals surface area contributed by atoms with Gasteiger partial charge in [0.1, 0.15) is 0 Å². The maximum atomic E-state index is 11.7. The molecule has 1 heterocycles. The number of carbonyl (C=O) groups excluding carboxylic acids is 2. The van der Waals surface area contributed by atoms with Crippen molar-refractivity contribution >= 4 is 23.6 Å². The summed E-state index contributed by atoms with van der Waals surface area (Å²) in [7, 11) is 0. The lowest BCUT2D eigenvalue weighted by molar-refractivity contribution is -0.139. The van der Waals surface area contributed by atoms with Crippen LogP contribution in [0.5, 0.6) is 0 Å². The van der Waals surface area contributed by atoms with Crippen LogP contribution in [0, 0.1) is 12.3 Å². The summed E-state index contributed by atoms with van der Waals surface area (Å²) in [5.74, 6) is -1.51. The van der Waals surface area contributed by atoms with Crippen LogP contribution < -0.4 is 10.6 Å². The van der Waals surface area contributed by atoms with E-state index in [0.29, 0.717) is 5.69 Å². The van der Waals surface area contributed by atoms with E-state index in [1.54, 1.807) is 26.0 Å². The first-order chi connectivity index (χ1) is 9.68. The number of carboxylic acids is 1. The fourth-order valence-corrected chi connectivity index (χ4v) is 1.78. The summed E-state index contributed by atoms with van der Waals surface area (Å²) < 4.78 is 0. The zero-order chi connectivity index (χ0) is 16.0. The van der Waals surface area contributed by atoms with E-state index in [1.165, 1.54) is 6.20 Å². The van der Waals surface area contributed by atoms with Crippen LogP contribution in [0.3, 0.4) is 0 Å². The van der Waals surface area contributed by atoms with Crippen molar-refractivity contribution in [2.24, 2.45) is 5.41 Å². The van der Waals surface area contributed by atoms with Gasteiger partial charge in [-0.15, -0.1) is 0 Å². The lowest BCUT2D eigenvalue weighted by Crippen LogP contribution is -2.37. The van der Waals surface area contributed by atoms with Gasteiger partial charge < -0.3 is 10.4 Å². The van der Waals surface area contributed by atoms with Crippen molar-refractivity contribution in [1.82, 2.24) is 10.3 Å². The van der Waals surface area contributed by atoms with Gasteiger partial charge in [-0.05, 0) is 24.5 Å². The molecular formula is C14H19N3O4. The second-order valence-electron chi connectivity index (χ2n) is 5.60. The zero-order valence-corrected chi connectivity index (χ0v) is 12.3. The number of aromatic nitrogens is 1. The molecule has 3 N–H and O–H groups in total. The van der Waals surface area contributed by atoms with Crippen molar-refractivity contribution in [2.45, 2.75) is 33.6 Å². The first-order valence-corrected chi connectivity index (χ1v) is 6.43. The minimum Gasteiger partial charge on any atom is -0.481 e. The predicted molar refractivity (Wildman–Crippen MR) is 76.8 cm³/mol. The maximum absolute atomic E-state index is 11.7. The van der Waals surface area contributed by atoms with E-state index in [1.807, 2.05) is 6.92 Å². The monoisotopic (exact) mass is 293 g/mol. The molecule has 0 aliphatic rings. The fourth-order valence-electron chi connectivity index (χ4n) is 1.78. The summed E-state index contributed by atoms with van der Waals surface area (Å²) in [6.07, 6.45) is 1.27. The highest BCUT2D eigenvalue weighted by Crippen LogP contribution is 2.24. The Kier molecular flexibility index (Phi) is 5.40. The third-order valence-electron chi connectivity index (χ3n) is 2.69. The van der Waals surface area contributed by atoms with Gasteiger partial charge in [-0.2, -0.15) is 0 Å². The quantitative estimate of drug-likeness (QED) is 0.768. The standard InChI is InChI=1S/C14H19N3O4/c1-9-4-5-10(8-15-9)16-13(21)17-11(18)6-14(2,3)7-12(19)20/h4-5,8H,6-7H2,1-3H3,(H,19,20)(H2,16,17,18,21). The number of pyridine rings is 1. The van der Waals surface area contributed by atoms with Gasteiger partial charge in [-0.3, -0.25) is 19.9 Å². The van der Waals surface area contributed by atoms with E-state index < -0.39 is 23.3 Å². The number of amides is 3. The minimum atomic E-state index is -0.983. The van der Waals surface area contributed by atoms with Gasteiger partial charge in [0.25, 0.3) is 0 Å². The average Bonchev–Trinajstić information content (AvgIpc) is 2.28. The van der Waals surface area contributed by atoms with Gasteiger partial charge in [0, 0.05) is 12.1 Å². The van der Waals surface area contributed by atoms with Crippen LogP contribution >= 0.6 is 0 Å². The highest BCUT2D eigenvalue weighted by molar-refractivity contribution is 6.01. The number of carbonyl (C=O) groups is 3. The van der Waals surface area contributed by atoms with Crippen molar-refractivity contribution in [3.8, 4) is 0 Å². The molecule has 0 bridgehead atoms. The summed E-state index contributed by atoms with van der Waals surface area (Å²) in [6.45, 7) is 5.13. The van der Waals surface area contributed by atoms with Crippen molar-refractivity contribution < 1.29 is 19.5 Å². The molecule has 0 aromatic carbocycles. The number of rotatable bonds is 5. The summed E-state index contributed by atoms with van der Waals surface area (Å²) in [6, 6.07) is 2.73. The van der Waals surface area contributed by atoms with Gasteiger partial charge in [0.15, 0.2) is 0 Å². The molecule has 0 radical (unpaired) electrons. The summed E-state index contributed by atoms with van der Waals surface area (Å²) in [5.41, 5.74) is 0.560. The predicted octanol–water partition coefficient (Wildman–Crippen LogP) is 1.93. The van der Waals surface area contributed by atoms with Crippen molar-refractivity contribution in [2.75, 3.05) is 5.32 Å². The smallest absolute Gasteiger partial charge is 0.325 e. The Bertz CT molecular complexity index is 538. The molecule has 114 valence electrons. The molecule has 1 rings (SSSR count). The van der Waals surface area contributed by atoms with E-state index in [4.69, 9.17) is 5.11 Å². The van der Waals surface area contributed by atoms with E-state index in [-0.39, 0.29) is 12.8 Å². The van der Waals surface area contributed by atoms with Gasteiger partial charge in [0.05, 0.1) is 18.3 Å². The van der Waals surface area contributed by atoms with Crippen LogP contribution in [-0.2, 0) is 9.59 Å². The Balaban J connectivity index is 2.49. The number of hydrogen-bond acceptors (Lipinski definition) is 4. The second-order valence-corrected chi connectivity index (χ2v) is 5.60. The van der Waals surface area contributed by atoms with Crippen molar-refractivity contribution in [3.63, 3.8) is 0 Å². The first kappa shape index (κ1) is 16.6. The van der Waals surface area contributed by atoms with Crippen LogP contribution in [0.25, 0.3) is 0 Å². The number of aryl methyl sites for hydroxylation is 1. The lowest BCUT2D eigenvalue weighted by Gasteiger charge is -2.21. The number of anilines is 1. The highest BCUT2D eigenvalue weighted by atomic mass is 16.4. The van der Waals surface area contributed by atoms with Crippen LogP contribution in [-0.4, -0.2) is 28.0 Å². The summed E-state index contributed by atoms with van der Waals surface area (Å²) >= 11 is 0. The second kappa shape index (κ2) is 6.83. The number of aliphatic carboxylic acids is 1. The molecule has 1 aromatic heterocycles. The lowest BCUT2D eigenvalue weighted by atomic mass is 9.85. The van der Waals surface area contributed by atoms with Crippen LogP contribution in [0.15, 0.2) is 18.3 Å². The molecule has 0 atom stereocenters. The third-order valence-corrected chi connectivity index (χ3v) is 2.69. The Morgan fingerprint density at radius 1 is 1.24 bits per heavy atom. The number of urea groups is 1. The molecule has 0 aliphatic carbocycles. The van der Waals surface area contributed by atoms with Gasteiger partial charge in [-0.25, -0.2) is 4.79 Å².